The average molecular weight is 268 g/mol. The van der Waals surface area contributed by atoms with Crippen molar-refractivity contribution in [2.75, 3.05) is 13.1 Å². The predicted octanol–water partition coefficient (Wildman–Crippen LogP) is 2.61. The Morgan fingerprint density at radius 1 is 1.28 bits per heavy atom. The van der Waals surface area contributed by atoms with Gasteiger partial charge in [0.2, 0.25) is 0 Å². The highest BCUT2D eigenvalue weighted by Gasteiger charge is 2.22. The fraction of sp³-hybridized carbons (Fsp3) is 0.571. The lowest BCUT2D eigenvalue weighted by Crippen LogP contribution is -2.40. The second-order valence-corrected chi connectivity index (χ2v) is 6.95. The first kappa shape index (κ1) is 13.8. The van der Waals surface area contributed by atoms with Crippen molar-refractivity contribution >= 4 is 11.8 Å². The highest BCUT2D eigenvalue weighted by molar-refractivity contribution is 8.00. The van der Waals surface area contributed by atoms with Crippen LogP contribution >= 0.6 is 11.8 Å². The van der Waals surface area contributed by atoms with Gasteiger partial charge in [0.1, 0.15) is 5.82 Å². The topological polar surface area (TPSA) is 29.3 Å². The lowest BCUT2D eigenvalue weighted by atomic mass is 10.1. The monoisotopic (exact) mass is 268 g/mol. The first-order chi connectivity index (χ1) is 8.58. The molecule has 0 aromatic heterocycles. The zero-order valence-corrected chi connectivity index (χ0v) is 11.8. The van der Waals surface area contributed by atoms with Gasteiger partial charge >= 0.3 is 0 Å². The molecule has 0 radical (unpaired) electrons. The quantitative estimate of drug-likeness (QED) is 0.913. The molecule has 0 bridgehead atoms. The second-order valence-electron chi connectivity index (χ2n) is 5.07. The van der Waals surface area contributed by atoms with Gasteiger partial charge in [0.25, 0.3) is 0 Å². The Morgan fingerprint density at radius 3 is 2.56 bits per heavy atom. The molecule has 0 spiro atoms. The molecule has 2 unspecified atom stereocenters. The van der Waals surface area contributed by atoms with Crippen LogP contribution in [0.1, 0.15) is 25.0 Å². The summed E-state index contributed by atoms with van der Waals surface area (Å²) in [4.78, 5) is 2.44. The third-order valence-corrected chi connectivity index (χ3v) is 4.50. The maximum absolute atomic E-state index is 13.2. The zero-order valence-electron chi connectivity index (χ0n) is 11.0. The minimum absolute atomic E-state index is 0.199. The summed E-state index contributed by atoms with van der Waals surface area (Å²) in [6.45, 7) is 8.00. The van der Waals surface area contributed by atoms with Crippen LogP contribution in [0.3, 0.4) is 0 Å². The van der Waals surface area contributed by atoms with Gasteiger partial charge in [0, 0.05) is 36.7 Å². The fourth-order valence-corrected chi connectivity index (χ4v) is 3.98. The zero-order chi connectivity index (χ0) is 13.1. The Morgan fingerprint density at radius 2 is 1.94 bits per heavy atom. The maximum atomic E-state index is 13.2. The van der Waals surface area contributed by atoms with Crippen LogP contribution in [0.2, 0.25) is 0 Å². The number of rotatable bonds is 3. The van der Waals surface area contributed by atoms with Crippen LogP contribution in [0.4, 0.5) is 4.39 Å². The number of nitrogens with two attached hydrogens (primary N) is 1. The molecule has 1 aliphatic rings. The molecule has 1 aliphatic heterocycles. The van der Waals surface area contributed by atoms with Crippen molar-refractivity contribution in [3.63, 3.8) is 0 Å². The van der Waals surface area contributed by atoms with Gasteiger partial charge in [-0.3, -0.25) is 4.90 Å². The molecule has 1 aromatic rings. The molecule has 2 atom stereocenters. The summed E-state index contributed by atoms with van der Waals surface area (Å²) >= 11 is 2.04. The number of hydrogen-bond donors (Lipinski definition) is 1. The number of thioether (sulfide) groups is 1. The summed E-state index contributed by atoms with van der Waals surface area (Å²) < 4.78 is 13.2. The third-order valence-electron chi connectivity index (χ3n) is 3.28. The molecule has 0 amide bonds. The van der Waals surface area contributed by atoms with Gasteiger partial charge in [-0.25, -0.2) is 4.39 Å². The van der Waals surface area contributed by atoms with Crippen molar-refractivity contribution in [1.82, 2.24) is 4.90 Å². The highest BCUT2D eigenvalue weighted by atomic mass is 32.2. The van der Waals surface area contributed by atoms with Crippen molar-refractivity contribution in [2.45, 2.75) is 37.4 Å². The van der Waals surface area contributed by atoms with E-state index in [1.54, 1.807) is 6.07 Å². The normalized spacial score (nSPS) is 25.3. The molecule has 1 saturated heterocycles. The van der Waals surface area contributed by atoms with Crippen molar-refractivity contribution in [1.29, 1.82) is 0 Å². The summed E-state index contributed by atoms with van der Waals surface area (Å²) in [5, 5.41) is 1.33. The summed E-state index contributed by atoms with van der Waals surface area (Å²) in [6, 6.07) is 4.95. The molecule has 1 heterocycles. The Labute approximate surface area is 113 Å². The average Bonchev–Trinajstić information content (AvgIpc) is 2.30. The Balaban J connectivity index is 2.08. The lowest BCUT2D eigenvalue weighted by molar-refractivity contribution is 0.262. The van der Waals surface area contributed by atoms with Crippen molar-refractivity contribution in [3.8, 4) is 0 Å². The van der Waals surface area contributed by atoms with Crippen molar-refractivity contribution in [3.05, 3.63) is 35.1 Å². The van der Waals surface area contributed by atoms with Gasteiger partial charge in [0.15, 0.2) is 0 Å². The minimum atomic E-state index is -0.199. The second kappa shape index (κ2) is 6.04. The highest BCUT2D eigenvalue weighted by Crippen LogP contribution is 2.26. The summed E-state index contributed by atoms with van der Waals surface area (Å²) in [5.74, 6) is -0.199. The minimum Gasteiger partial charge on any atom is -0.326 e. The van der Waals surface area contributed by atoms with Crippen LogP contribution in [0.15, 0.2) is 18.2 Å². The summed E-state index contributed by atoms with van der Waals surface area (Å²) in [7, 11) is 0. The smallest absolute Gasteiger partial charge is 0.123 e. The van der Waals surface area contributed by atoms with E-state index in [-0.39, 0.29) is 5.82 Å². The van der Waals surface area contributed by atoms with Crippen LogP contribution in [0.5, 0.6) is 0 Å². The molecule has 100 valence electrons. The maximum Gasteiger partial charge on any atom is 0.123 e. The van der Waals surface area contributed by atoms with E-state index in [0.29, 0.717) is 17.0 Å². The summed E-state index contributed by atoms with van der Waals surface area (Å²) in [5.41, 5.74) is 7.77. The van der Waals surface area contributed by atoms with Crippen molar-refractivity contribution < 1.29 is 4.39 Å². The van der Waals surface area contributed by atoms with E-state index in [2.05, 4.69) is 18.7 Å². The third kappa shape index (κ3) is 3.46. The number of halogens is 1. The Hall–Kier alpha value is -0.580. The fourth-order valence-electron chi connectivity index (χ4n) is 2.59. The van der Waals surface area contributed by atoms with Crippen LogP contribution in [0.25, 0.3) is 0 Å². The van der Waals surface area contributed by atoms with Crippen LogP contribution in [0, 0.1) is 5.82 Å². The molecule has 0 saturated carbocycles. The molecular formula is C14H21FN2S. The largest absolute Gasteiger partial charge is 0.326 e. The van der Waals surface area contributed by atoms with Crippen LogP contribution in [-0.2, 0) is 13.1 Å². The first-order valence-corrected chi connectivity index (χ1v) is 7.38. The lowest BCUT2D eigenvalue weighted by Gasteiger charge is -2.34. The van der Waals surface area contributed by atoms with E-state index >= 15 is 0 Å². The molecule has 18 heavy (non-hydrogen) atoms. The van der Waals surface area contributed by atoms with Gasteiger partial charge in [-0.2, -0.15) is 11.8 Å². The van der Waals surface area contributed by atoms with Gasteiger partial charge < -0.3 is 5.73 Å². The van der Waals surface area contributed by atoms with E-state index in [0.717, 1.165) is 30.8 Å². The molecule has 1 fully saturated rings. The van der Waals surface area contributed by atoms with Gasteiger partial charge in [-0.05, 0) is 23.3 Å². The molecule has 4 heteroatoms. The molecule has 2 rings (SSSR count). The SMILES string of the molecule is CC1CN(Cc2ccc(F)cc2CN)CC(C)S1. The summed E-state index contributed by atoms with van der Waals surface area (Å²) in [6.07, 6.45) is 0. The van der Waals surface area contributed by atoms with Gasteiger partial charge in [-0.15, -0.1) is 0 Å². The first-order valence-electron chi connectivity index (χ1n) is 6.43. The van der Waals surface area contributed by atoms with E-state index in [1.807, 2.05) is 17.8 Å². The molecule has 2 N–H and O–H groups in total. The van der Waals surface area contributed by atoms with Crippen molar-refractivity contribution in [2.24, 2.45) is 5.73 Å². The molecule has 0 aliphatic carbocycles. The molecule has 2 nitrogen and oxygen atoms in total. The predicted molar refractivity (Wildman–Crippen MR) is 76.1 cm³/mol. The van der Waals surface area contributed by atoms with E-state index in [4.69, 9.17) is 5.73 Å². The van der Waals surface area contributed by atoms with E-state index in [1.165, 1.54) is 6.07 Å². The number of hydrogen-bond acceptors (Lipinski definition) is 3. The Kier molecular flexibility index (Phi) is 4.65. The van der Waals surface area contributed by atoms with Gasteiger partial charge in [-0.1, -0.05) is 19.9 Å². The molecular weight excluding hydrogens is 247 g/mol. The van der Waals surface area contributed by atoms with E-state index < -0.39 is 0 Å². The van der Waals surface area contributed by atoms with Crippen LogP contribution < -0.4 is 5.73 Å². The van der Waals surface area contributed by atoms with Gasteiger partial charge in [0.05, 0.1) is 0 Å². The molecule has 1 aromatic carbocycles. The standard InChI is InChI=1S/C14H21FN2S/c1-10-7-17(8-11(2)18-10)9-12-3-4-14(15)5-13(12)6-16/h3-5,10-11H,6-9,16H2,1-2H3. The number of nitrogens with zero attached hydrogens (tertiary/aromatic N) is 1. The van der Waals surface area contributed by atoms with Crippen LogP contribution in [-0.4, -0.2) is 28.5 Å². The van der Waals surface area contributed by atoms with E-state index in [9.17, 15) is 4.39 Å². The Bertz CT molecular complexity index is 401. The number of benzene rings is 1.